The van der Waals surface area contributed by atoms with Crippen LogP contribution in [0.3, 0.4) is 0 Å². The van der Waals surface area contributed by atoms with E-state index in [9.17, 15) is 9.18 Å². The Morgan fingerprint density at radius 3 is 2.86 bits per heavy atom. The molecule has 1 aromatic heterocycles. The quantitative estimate of drug-likeness (QED) is 0.794. The fourth-order valence-electron chi connectivity index (χ4n) is 1.42. The zero-order valence-corrected chi connectivity index (χ0v) is 11.8. The maximum Gasteiger partial charge on any atom is 0.343 e. The van der Waals surface area contributed by atoms with Gasteiger partial charge in [0.2, 0.25) is 0 Å². The maximum atomic E-state index is 13.0. The minimum absolute atomic E-state index is 0.100. The number of halogens is 2. The summed E-state index contributed by atoms with van der Waals surface area (Å²) >= 11 is 5.88. The van der Waals surface area contributed by atoms with Crippen molar-refractivity contribution in [3.63, 3.8) is 0 Å². The Hall–Kier alpha value is -2.34. The molecule has 0 saturated heterocycles. The van der Waals surface area contributed by atoms with Crippen LogP contribution in [0.4, 0.5) is 4.39 Å². The second-order valence-corrected chi connectivity index (χ2v) is 4.26. The highest BCUT2D eigenvalue weighted by molar-refractivity contribution is 6.32. The lowest BCUT2D eigenvalue weighted by Crippen LogP contribution is -2.13. The molecular weight excluding hydrogens is 301 g/mol. The summed E-state index contributed by atoms with van der Waals surface area (Å²) in [6.45, 7) is -0.305. The summed E-state index contributed by atoms with van der Waals surface area (Å²) in [6.07, 6.45) is 1.48. The fourth-order valence-corrected chi connectivity index (χ4v) is 1.63. The summed E-state index contributed by atoms with van der Waals surface area (Å²) < 4.78 is 28.2. The number of esters is 1. The molecule has 0 N–H and O–H groups in total. The van der Waals surface area contributed by atoms with Crippen molar-refractivity contribution >= 4 is 17.6 Å². The molecule has 7 heteroatoms. The van der Waals surface area contributed by atoms with Gasteiger partial charge in [-0.3, -0.25) is 0 Å². The van der Waals surface area contributed by atoms with Gasteiger partial charge in [0, 0.05) is 6.20 Å². The summed E-state index contributed by atoms with van der Waals surface area (Å²) in [5, 5.41) is 0.109. The summed E-state index contributed by atoms with van der Waals surface area (Å²) in [4.78, 5) is 15.0. The van der Waals surface area contributed by atoms with Gasteiger partial charge >= 0.3 is 5.97 Å². The number of rotatable bonds is 5. The van der Waals surface area contributed by atoms with Crippen LogP contribution >= 0.6 is 11.6 Å². The third-order valence-corrected chi connectivity index (χ3v) is 2.70. The first-order valence-corrected chi connectivity index (χ1v) is 6.25. The highest BCUT2D eigenvalue weighted by atomic mass is 35.5. The molecule has 0 saturated carbocycles. The number of hydrogen-bond donors (Lipinski definition) is 0. The second kappa shape index (κ2) is 6.90. The maximum absolute atomic E-state index is 13.0. The molecular formula is C14H11ClFNO4. The largest absolute Gasteiger partial charge is 0.466 e. The van der Waals surface area contributed by atoms with Gasteiger partial charge in [0.25, 0.3) is 5.88 Å². The average Bonchev–Trinajstić information content (AvgIpc) is 2.48. The number of aromatic nitrogens is 1. The van der Waals surface area contributed by atoms with E-state index in [1.807, 2.05) is 0 Å². The van der Waals surface area contributed by atoms with Crippen molar-refractivity contribution < 1.29 is 23.4 Å². The van der Waals surface area contributed by atoms with Gasteiger partial charge in [-0.1, -0.05) is 11.6 Å². The fraction of sp³-hybridized carbons (Fsp3) is 0.143. The molecule has 0 aliphatic rings. The topological polar surface area (TPSA) is 57.7 Å². The number of pyridine rings is 1. The van der Waals surface area contributed by atoms with Crippen molar-refractivity contribution in [2.75, 3.05) is 13.7 Å². The lowest BCUT2D eigenvalue weighted by Gasteiger charge is -2.11. The third kappa shape index (κ3) is 4.06. The van der Waals surface area contributed by atoms with E-state index >= 15 is 0 Å². The predicted molar refractivity (Wildman–Crippen MR) is 73.2 cm³/mol. The molecule has 0 fully saturated rings. The van der Waals surface area contributed by atoms with Gasteiger partial charge in [0.1, 0.15) is 11.6 Å². The Morgan fingerprint density at radius 2 is 2.14 bits per heavy atom. The predicted octanol–water partition coefficient (Wildman–Crippen LogP) is 3.22. The molecule has 0 amide bonds. The monoisotopic (exact) mass is 311 g/mol. The lowest BCUT2D eigenvalue weighted by atomic mass is 10.3. The number of hydrogen-bond acceptors (Lipinski definition) is 5. The Labute approximate surface area is 125 Å². The normalized spacial score (nSPS) is 10.0. The van der Waals surface area contributed by atoms with E-state index in [1.54, 1.807) is 12.1 Å². The van der Waals surface area contributed by atoms with E-state index in [2.05, 4.69) is 9.72 Å². The molecule has 5 nitrogen and oxygen atoms in total. The Kier molecular flexibility index (Phi) is 4.94. The molecule has 0 aliphatic carbocycles. The van der Waals surface area contributed by atoms with Crippen LogP contribution in [-0.4, -0.2) is 24.7 Å². The molecule has 0 atom stereocenters. The van der Waals surface area contributed by atoms with E-state index in [-0.39, 0.29) is 29.0 Å². The lowest BCUT2D eigenvalue weighted by molar-refractivity contribution is -0.143. The van der Waals surface area contributed by atoms with Gasteiger partial charge in [-0.25, -0.2) is 14.2 Å². The highest BCUT2D eigenvalue weighted by Gasteiger charge is 2.12. The van der Waals surface area contributed by atoms with Crippen molar-refractivity contribution in [3.8, 4) is 17.4 Å². The first kappa shape index (κ1) is 15.1. The highest BCUT2D eigenvalue weighted by Crippen LogP contribution is 2.33. The van der Waals surface area contributed by atoms with Crippen LogP contribution in [-0.2, 0) is 9.53 Å². The van der Waals surface area contributed by atoms with E-state index in [0.717, 1.165) is 6.07 Å². The van der Waals surface area contributed by atoms with Gasteiger partial charge in [-0.05, 0) is 30.3 Å². The van der Waals surface area contributed by atoms with Gasteiger partial charge in [0.15, 0.2) is 12.4 Å². The first-order chi connectivity index (χ1) is 10.1. The van der Waals surface area contributed by atoms with Gasteiger partial charge < -0.3 is 14.2 Å². The van der Waals surface area contributed by atoms with Crippen LogP contribution in [0, 0.1) is 5.82 Å². The van der Waals surface area contributed by atoms with Crippen molar-refractivity contribution in [2.24, 2.45) is 0 Å². The summed E-state index contributed by atoms with van der Waals surface area (Å²) in [5.74, 6) is -0.431. The van der Waals surface area contributed by atoms with Crippen molar-refractivity contribution in [1.82, 2.24) is 4.98 Å². The second-order valence-electron chi connectivity index (χ2n) is 3.85. The first-order valence-electron chi connectivity index (χ1n) is 5.87. The number of methoxy groups -OCH3 is 1. The third-order valence-electron chi connectivity index (χ3n) is 2.40. The molecule has 0 aliphatic heterocycles. The molecule has 1 aromatic carbocycles. The van der Waals surface area contributed by atoms with E-state index in [4.69, 9.17) is 21.1 Å². The zero-order valence-electron chi connectivity index (χ0n) is 11.0. The number of nitrogens with zero attached hydrogens (tertiary/aromatic N) is 1. The van der Waals surface area contributed by atoms with Crippen LogP contribution < -0.4 is 9.47 Å². The van der Waals surface area contributed by atoms with E-state index in [0.29, 0.717) is 0 Å². The molecule has 1 heterocycles. The minimum Gasteiger partial charge on any atom is -0.466 e. The van der Waals surface area contributed by atoms with Crippen molar-refractivity contribution in [1.29, 1.82) is 0 Å². The van der Waals surface area contributed by atoms with Crippen molar-refractivity contribution in [2.45, 2.75) is 0 Å². The van der Waals surface area contributed by atoms with Gasteiger partial charge in [0.05, 0.1) is 12.1 Å². The van der Waals surface area contributed by atoms with Crippen LogP contribution in [0.5, 0.6) is 17.4 Å². The Morgan fingerprint density at radius 1 is 1.33 bits per heavy atom. The van der Waals surface area contributed by atoms with Crippen LogP contribution in [0.2, 0.25) is 5.02 Å². The molecule has 21 heavy (non-hydrogen) atoms. The molecule has 110 valence electrons. The summed E-state index contributed by atoms with van der Waals surface area (Å²) in [6, 6.07) is 6.93. The van der Waals surface area contributed by atoms with Crippen molar-refractivity contribution in [3.05, 3.63) is 47.4 Å². The molecule has 2 rings (SSSR count). The number of ether oxygens (including phenoxy) is 3. The SMILES string of the molecule is COC(=O)COc1ncccc1Oc1ccc(F)cc1Cl. The molecule has 0 unspecified atom stereocenters. The summed E-state index contributed by atoms with van der Waals surface area (Å²) in [7, 11) is 1.25. The molecule has 0 spiro atoms. The molecule has 0 radical (unpaired) electrons. The Balaban J connectivity index is 2.18. The average molecular weight is 312 g/mol. The standard InChI is InChI=1S/C14H11ClFNO4/c1-19-13(18)8-20-14-12(3-2-6-17-14)21-11-5-4-9(16)7-10(11)15/h2-7H,8H2,1H3. The zero-order chi connectivity index (χ0) is 15.2. The smallest absolute Gasteiger partial charge is 0.343 e. The summed E-state index contributed by atoms with van der Waals surface area (Å²) in [5.41, 5.74) is 0. The number of benzene rings is 1. The van der Waals surface area contributed by atoms with E-state index < -0.39 is 11.8 Å². The van der Waals surface area contributed by atoms with E-state index in [1.165, 1.54) is 25.4 Å². The van der Waals surface area contributed by atoms with Crippen LogP contribution in [0.15, 0.2) is 36.5 Å². The van der Waals surface area contributed by atoms with Crippen LogP contribution in [0.1, 0.15) is 0 Å². The van der Waals surface area contributed by atoms with Gasteiger partial charge in [-0.2, -0.15) is 0 Å². The van der Waals surface area contributed by atoms with Crippen LogP contribution in [0.25, 0.3) is 0 Å². The molecule has 0 bridgehead atoms. The number of carbonyl (C=O) groups is 1. The van der Waals surface area contributed by atoms with Gasteiger partial charge in [-0.15, -0.1) is 0 Å². The Bertz CT molecular complexity index is 651. The molecule has 2 aromatic rings. The number of carbonyl (C=O) groups excluding carboxylic acids is 1. The minimum atomic E-state index is -0.550.